The Hall–Kier alpha value is -2.10. The van der Waals surface area contributed by atoms with Crippen LogP contribution in [0.5, 0.6) is 5.75 Å². The van der Waals surface area contributed by atoms with Gasteiger partial charge < -0.3 is 9.64 Å². The van der Waals surface area contributed by atoms with Crippen LogP contribution in [0.15, 0.2) is 33.9 Å². The van der Waals surface area contributed by atoms with Gasteiger partial charge in [-0.1, -0.05) is 12.1 Å². The molecule has 0 saturated heterocycles. The molecular formula is C13H13NO3. The Kier molecular flexibility index (Phi) is 2.71. The maximum atomic E-state index is 11.5. The number of hydrogen-bond donors (Lipinski definition) is 0. The highest BCUT2D eigenvalue weighted by molar-refractivity contribution is 5.75. The van der Waals surface area contributed by atoms with Gasteiger partial charge >= 0.3 is 0 Å². The van der Waals surface area contributed by atoms with Crippen LogP contribution >= 0.6 is 0 Å². The first kappa shape index (κ1) is 11.4. The monoisotopic (exact) mass is 231 g/mol. The summed E-state index contributed by atoms with van der Waals surface area (Å²) >= 11 is 0. The van der Waals surface area contributed by atoms with Gasteiger partial charge in [0.15, 0.2) is 5.75 Å². The molecule has 0 aromatic heterocycles. The van der Waals surface area contributed by atoms with Gasteiger partial charge in [0.25, 0.3) is 5.43 Å². The van der Waals surface area contributed by atoms with Crippen molar-refractivity contribution in [2.45, 2.75) is 0 Å². The number of benzene rings is 1. The first-order valence-corrected chi connectivity index (χ1v) is 5.21. The molecule has 0 fully saturated rings. The van der Waals surface area contributed by atoms with E-state index < -0.39 is 10.9 Å². The number of ether oxygens (including phenoxy) is 1. The molecule has 0 N–H and O–H groups in total. The van der Waals surface area contributed by atoms with Crippen LogP contribution in [0, 0.1) is 0 Å². The number of rotatable bonds is 3. The molecule has 0 unspecified atom stereocenters. The second kappa shape index (κ2) is 4.05. The highest BCUT2D eigenvalue weighted by atomic mass is 16.5. The predicted molar refractivity (Wildman–Crippen MR) is 67.7 cm³/mol. The molecule has 0 aliphatic rings. The van der Waals surface area contributed by atoms with Gasteiger partial charge in [-0.3, -0.25) is 9.59 Å². The maximum Gasteiger partial charge on any atom is 0.268 e. The van der Waals surface area contributed by atoms with Gasteiger partial charge in [-0.2, -0.15) is 0 Å². The zero-order valence-corrected chi connectivity index (χ0v) is 9.98. The van der Waals surface area contributed by atoms with E-state index in [2.05, 4.69) is 0 Å². The molecule has 0 spiro atoms. The van der Waals surface area contributed by atoms with Crippen LogP contribution in [-0.2, 0) is 0 Å². The Morgan fingerprint density at radius 2 is 1.59 bits per heavy atom. The Balaban J connectivity index is 2.45. The number of anilines is 1. The van der Waals surface area contributed by atoms with Crippen molar-refractivity contribution in [3.8, 4) is 16.9 Å². The molecule has 0 aliphatic heterocycles. The molecular weight excluding hydrogens is 218 g/mol. The van der Waals surface area contributed by atoms with Crippen LogP contribution in [0.2, 0.25) is 0 Å². The Labute approximate surface area is 98.8 Å². The molecule has 4 nitrogen and oxygen atoms in total. The van der Waals surface area contributed by atoms with Gasteiger partial charge in [-0.25, -0.2) is 0 Å². The summed E-state index contributed by atoms with van der Waals surface area (Å²) in [5.74, 6) is 0.160. The van der Waals surface area contributed by atoms with E-state index in [1.807, 2.05) is 43.3 Å². The molecule has 0 radical (unpaired) electrons. The van der Waals surface area contributed by atoms with E-state index in [0.717, 1.165) is 11.3 Å². The zero-order valence-electron chi connectivity index (χ0n) is 9.98. The topological polar surface area (TPSA) is 46.6 Å². The molecule has 2 aromatic carbocycles. The van der Waals surface area contributed by atoms with Gasteiger partial charge in [0.05, 0.1) is 12.7 Å². The van der Waals surface area contributed by atoms with Crippen molar-refractivity contribution in [1.29, 1.82) is 0 Å². The van der Waals surface area contributed by atoms with E-state index >= 15 is 0 Å². The van der Waals surface area contributed by atoms with Gasteiger partial charge in [0.2, 0.25) is 5.43 Å². The third-order valence-electron chi connectivity index (χ3n) is 2.74. The minimum absolute atomic E-state index is 0.160. The Bertz CT molecular complexity index is 604. The van der Waals surface area contributed by atoms with E-state index in [9.17, 15) is 9.59 Å². The van der Waals surface area contributed by atoms with Crippen molar-refractivity contribution < 1.29 is 4.74 Å². The summed E-state index contributed by atoms with van der Waals surface area (Å²) in [6, 6.07) is 7.42. The van der Waals surface area contributed by atoms with Crippen molar-refractivity contribution in [3.05, 3.63) is 44.7 Å². The van der Waals surface area contributed by atoms with Gasteiger partial charge in [0.1, 0.15) is 0 Å². The van der Waals surface area contributed by atoms with Crippen LogP contribution in [0.4, 0.5) is 5.69 Å². The molecule has 17 heavy (non-hydrogen) atoms. The van der Waals surface area contributed by atoms with Crippen LogP contribution in [0.3, 0.4) is 0 Å². The molecule has 88 valence electrons. The minimum Gasteiger partial charge on any atom is -0.492 e. The lowest BCUT2D eigenvalue weighted by atomic mass is 10.00. The van der Waals surface area contributed by atoms with Crippen molar-refractivity contribution in [2.24, 2.45) is 0 Å². The third kappa shape index (κ3) is 1.71. The largest absolute Gasteiger partial charge is 0.492 e. The van der Waals surface area contributed by atoms with Crippen LogP contribution in [0.1, 0.15) is 0 Å². The van der Waals surface area contributed by atoms with Gasteiger partial charge in [0, 0.05) is 19.8 Å². The fraction of sp³-hybridized carbons (Fsp3) is 0.231. The van der Waals surface area contributed by atoms with Crippen LogP contribution in [-0.4, -0.2) is 21.2 Å². The Morgan fingerprint density at radius 3 is 2.06 bits per heavy atom. The van der Waals surface area contributed by atoms with Crippen molar-refractivity contribution in [1.82, 2.24) is 0 Å². The molecule has 0 aliphatic carbocycles. The zero-order chi connectivity index (χ0) is 12.6. The summed E-state index contributed by atoms with van der Waals surface area (Å²) < 4.78 is 4.91. The van der Waals surface area contributed by atoms with Gasteiger partial charge in [-0.15, -0.1) is 0 Å². The second-order valence-electron chi connectivity index (χ2n) is 4.01. The number of nitrogens with zero attached hydrogens (tertiary/aromatic N) is 1. The van der Waals surface area contributed by atoms with Crippen molar-refractivity contribution >= 4 is 5.69 Å². The summed E-state index contributed by atoms with van der Waals surface area (Å²) in [5.41, 5.74) is 1.12. The molecule has 0 saturated carbocycles. The summed E-state index contributed by atoms with van der Waals surface area (Å²) in [7, 11) is 5.27. The molecule has 2 aromatic rings. The quantitative estimate of drug-likeness (QED) is 0.740. The van der Waals surface area contributed by atoms with E-state index in [0.29, 0.717) is 5.56 Å². The lowest BCUT2D eigenvalue weighted by molar-refractivity contribution is 0.407. The fourth-order valence-electron chi connectivity index (χ4n) is 1.75. The molecule has 0 amide bonds. The lowest BCUT2D eigenvalue weighted by Crippen LogP contribution is -2.33. The average molecular weight is 231 g/mol. The van der Waals surface area contributed by atoms with Crippen LogP contribution in [0.25, 0.3) is 11.1 Å². The normalized spacial score (nSPS) is 10.5. The second-order valence-corrected chi connectivity index (χ2v) is 4.01. The smallest absolute Gasteiger partial charge is 0.268 e. The summed E-state index contributed by atoms with van der Waals surface area (Å²) in [6.07, 6.45) is 0. The molecule has 0 heterocycles. The van der Waals surface area contributed by atoms with Crippen LogP contribution < -0.4 is 20.5 Å². The molecule has 0 atom stereocenters. The van der Waals surface area contributed by atoms with Crippen molar-refractivity contribution in [3.63, 3.8) is 0 Å². The molecule has 0 bridgehead atoms. The number of hydrogen-bond acceptors (Lipinski definition) is 4. The van der Waals surface area contributed by atoms with E-state index in [1.165, 1.54) is 7.11 Å². The Morgan fingerprint density at radius 1 is 1.00 bits per heavy atom. The lowest BCUT2D eigenvalue weighted by Gasteiger charge is -2.14. The third-order valence-corrected chi connectivity index (χ3v) is 2.74. The SMILES string of the molecule is COc1c(-c2ccc(N(C)C)cc2)c(=O)c1=O. The minimum atomic E-state index is -0.542. The molecule has 4 heteroatoms. The van der Waals surface area contributed by atoms with E-state index in [1.54, 1.807) is 0 Å². The summed E-state index contributed by atoms with van der Waals surface area (Å²) in [4.78, 5) is 24.6. The van der Waals surface area contributed by atoms with Crippen molar-refractivity contribution in [2.75, 3.05) is 26.1 Å². The van der Waals surface area contributed by atoms with E-state index in [-0.39, 0.29) is 5.75 Å². The molecule has 2 rings (SSSR count). The fourth-order valence-corrected chi connectivity index (χ4v) is 1.75. The number of methoxy groups -OCH3 is 1. The predicted octanol–water partition coefficient (Wildman–Crippen LogP) is 1.02. The van der Waals surface area contributed by atoms with Gasteiger partial charge in [-0.05, 0) is 17.7 Å². The average Bonchev–Trinajstić information content (AvgIpc) is 2.34. The van der Waals surface area contributed by atoms with E-state index in [4.69, 9.17) is 4.74 Å². The standard InChI is InChI=1S/C13H13NO3/c1-14(2)9-6-4-8(5-7-9)10-11(15)12(16)13(10)17-3/h4-7H,1-3H3. The summed E-state index contributed by atoms with van der Waals surface area (Å²) in [6.45, 7) is 0. The first-order chi connectivity index (χ1) is 8.06. The highest BCUT2D eigenvalue weighted by Gasteiger charge is 2.22. The first-order valence-electron chi connectivity index (χ1n) is 5.21. The highest BCUT2D eigenvalue weighted by Crippen LogP contribution is 2.26. The summed E-state index contributed by atoms with van der Waals surface area (Å²) in [5, 5.41) is 0. The maximum absolute atomic E-state index is 11.5.